The van der Waals surface area contributed by atoms with E-state index in [4.69, 9.17) is 24.5 Å². The summed E-state index contributed by atoms with van der Waals surface area (Å²) in [6, 6.07) is 12.9. The van der Waals surface area contributed by atoms with E-state index in [1.807, 2.05) is 37.4 Å². The summed E-state index contributed by atoms with van der Waals surface area (Å²) in [6.45, 7) is 4.74. The summed E-state index contributed by atoms with van der Waals surface area (Å²) in [7, 11) is 1.88. The molecule has 0 aliphatic heterocycles. The average molecular weight is 497 g/mol. The Hall–Kier alpha value is -3.31. The monoisotopic (exact) mass is 496 g/mol. The number of pyridine rings is 1. The number of nitrogens with zero attached hydrogens (tertiary/aromatic N) is 4. The summed E-state index contributed by atoms with van der Waals surface area (Å²) in [5, 5.41) is 11.4. The predicted molar refractivity (Wildman–Crippen MR) is 139 cm³/mol. The van der Waals surface area contributed by atoms with Crippen LogP contribution in [0.5, 0.6) is 0 Å². The van der Waals surface area contributed by atoms with E-state index in [1.54, 1.807) is 12.1 Å². The molecule has 2 N–H and O–H groups in total. The number of carbonyl (C=O) groups is 1. The fourth-order valence-electron chi connectivity index (χ4n) is 3.33. The highest BCUT2D eigenvalue weighted by Gasteiger charge is 2.06. The molecule has 0 saturated carbocycles. The number of hydrogen-bond donors (Lipinski definition) is 2. The quantitative estimate of drug-likeness (QED) is 0.0948. The first-order chi connectivity index (χ1) is 17.7. The van der Waals surface area contributed by atoms with Gasteiger partial charge in [-0.3, -0.25) is 4.79 Å². The molecule has 0 aliphatic carbocycles. The van der Waals surface area contributed by atoms with Crippen LogP contribution in [0.4, 0.5) is 11.4 Å². The van der Waals surface area contributed by atoms with Crippen LogP contribution in [0, 0.1) is 0 Å². The number of nitrogens with one attached hydrogen (secondary N) is 2. The minimum atomic E-state index is -0.146. The minimum absolute atomic E-state index is 0.146. The molecule has 2 aromatic carbocycles. The molecule has 192 valence electrons. The van der Waals surface area contributed by atoms with Gasteiger partial charge in [-0.15, -0.1) is 0 Å². The van der Waals surface area contributed by atoms with E-state index in [0.29, 0.717) is 69.7 Å². The molecule has 1 heterocycles. The van der Waals surface area contributed by atoms with E-state index < -0.39 is 0 Å². The third kappa shape index (κ3) is 9.38. The average Bonchev–Trinajstić information content (AvgIpc) is 2.88. The second kappa shape index (κ2) is 15.6. The van der Waals surface area contributed by atoms with Gasteiger partial charge in [-0.2, -0.15) is 0 Å². The normalized spacial score (nSPS) is 11.0. The van der Waals surface area contributed by atoms with Crippen molar-refractivity contribution in [3.8, 4) is 0 Å². The summed E-state index contributed by atoms with van der Waals surface area (Å²) in [4.78, 5) is 19.7. The highest BCUT2D eigenvalue weighted by molar-refractivity contribution is 5.97. The molecule has 0 bridgehead atoms. The zero-order chi connectivity index (χ0) is 25.4. The van der Waals surface area contributed by atoms with Crippen LogP contribution in [0.25, 0.3) is 32.2 Å². The number of fused-ring (bicyclic) bond motifs is 2. The zero-order valence-corrected chi connectivity index (χ0v) is 20.4. The largest absolute Gasteiger partial charge is 0.379 e. The van der Waals surface area contributed by atoms with Crippen LogP contribution in [0.3, 0.4) is 0 Å². The molecule has 1 amide bonds. The molecule has 1 aromatic heterocycles. The van der Waals surface area contributed by atoms with Crippen molar-refractivity contribution in [2.75, 3.05) is 71.8 Å². The number of aromatic nitrogens is 1. The summed E-state index contributed by atoms with van der Waals surface area (Å²) >= 11 is 0. The van der Waals surface area contributed by atoms with Gasteiger partial charge in [0.05, 0.1) is 70.3 Å². The maximum Gasteiger partial charge on any atom is 0.226 e. The molecular formula is C25H32N6O5. The topological polar surface area (TPSA) is 140 Å². The summed E-state index contributed by atoms with van der Waals surface area (Å²) in [5.74, 6) is -0.146. The molecule has 0 saturated heterocycles. The van der Waals surface area contributed by atoms with Gasteiger partial charge < -0.3 is 29.6 Å². The maximum absolute atomic E-state index is 12.3. The number of hydrogen-bond acceptors (Lipinski definition) is 8. The second-order valence-corrected chi connectivity index (χ2v) is 7.81. The van der Waals surface area contributed by atoms with Crippen LogP contribution >= 0.6 is 0 Å². The van der Waals surface area contributed by atoms with Gasteiger partial charge in [-0.05, 0) is 36.8 Å². The Morgan fingerprint density at radius 3 is 2.14 bits per heavy atom. The van der Waals surface area contributed by atoms with E-state index >= 15 is 0 Å². The Labute approximate surface area is 209 Å². The molecule has 3 rings (SSSR count). The van der Waals surface area contributed by atoms with Crippen molar-refractivity contribution >= 4 is 39.1 Å². The Balaban J connectivity index is 1.31. The molecule has 3 aromatic rings. The highest BCUT2D eigenvalue weighted by atomic mass is 16.6. The Bertz CT molecular complexity index is 1170. The van der Waals surface area contributed by atoms with Crippen molar-refractivity contribution in [1.82, 2.24) is 10.3 Å². The van der Waals surface area contributed by atoms with Gasteiger partial charge in [0, 0.05) is 33.6 Å². The summed E-state index contributed by atoms with van der Waals surface area (Å²) in [6.07, 6.45) is 0.232. The number of carbonyl (C=O) groups excluding carboxylic acids is 1. The number of benzene rings is 2. The Morgan fingerprint density at radius 1 is 0.861 bits per heavy atom. The molecule has 11 heteroatoms. The van der Waals surface area contributed by atoms with Crippen molar-refractivity contribution in [2.45, 2.75) is 6.42 Å². The lowest BCUT2D eigenvalue weighted by molar-refractivity contribution is -0.117. The van der Waals surface area contributed by atoms with Gasteiger partial charge in [0.15, 0.2) is 0 Å². The first-order valence-corrected chi connectivity index (χ1v) is 11.8. The summed E-state index contributed by atoms with van der Waals surface area (Å²) in [5.41, 5.74) is 11.2. The number of likely N-dealkylation sites (N-methyl/N-ethyl adjacent to an activating group) is 1. The molecule has 0 fully saturated rings. The smallest absolute Gasteiger partial charge is 0.226 e. The van der Waals surface area contributed by atoms with Crippen molar-refractivity contribution < 1.29 is 23.7 Å². The third-order valence-corrected chi connectivity index (χ3v) is 5.13. The van der Waals surface area contributed by atoms with E-state index in [1.165, 1.54) is 0 Å². The molecule has 11 nitrogen and oxygen atoms in total. The van der Waals surface area contributed by atoms with Crippen LogP contribution in [0.15, 0.2) is 47.6 Å². The highest BCUT2D eigenvalue weighted by Crippen LogP contribution is 2.25. The molecule has 36 heavy (non-hydrogen) atoms. The van der Waals surface area contributed by atoms with Gasteiger partial charge in [0.2, 0.25) is 5.91 Å². The fraction of sp³-hybridized carbons (Fsp3) is 0.440. The van der Waals surface area contributed by atoms with Crippen LogP contribution in [0.2, 0.25) is 0 Å². The second-order valence-electron chi connectivity index (χ2n) is 7.81. The van der Waals surface area contributed by atoms with E-state index in [9.17, 15) is 4.79 Å². The first kappa shape index (κ1) is 27.3. The van der Waals surface area contributed by atoms with Crippen LogP contribution in [-0.4, -0.2) is 77.3 Å². The van der Waals surface area contributed by atoms with Crippen molar-refractivity contribution in [1.29, 1.82) is 0 Å². The van der Waals surface area contributed by atoms with Crippen molar-refractivity contribution in [3.63, 3.8) is 0 Å². The standard InChI is InChI=1S/C25H32N6O5/c1-27-7-9-34-11-13-36-15-14-35-12-10-33-8-6-25(32)28-21-4-2-19-16-20-3-5-22(30-31-26)18-24(20)29-23(19)17-21/h2-5,16-18,27H,6-15H2,1H3,(H,28,32). The first-order valence-electron chi connectivity index (χ1n) is 11.8. The summed E-state index contributed by atoms with van der Waals surface area (Å²) < 4.78 is 21.7. The van der Waals surface area contributed by atoms with Gasteiger partial charge in [0.25, 0.3) is 0 Å². The lowest BCUT2D eigenvalue weighted by Gasteiger charge is -2.09. The van der Waals surface area contributed by atoms with E-state index in [2.05, 4.69) is 25.6 Å². The number of ether oxygens (including phenoxy) is 4. The molecule has 0 aliphatic rings. The molecule has 0 spiro atoms. The minimum Gasteiger partial charge on any atom is -0.379 e. The predicted octanol–water partition coefficient (Wildman–Crippen LogP) is 3.94. The maximum atomic E-state index is 12.3. The zero-order valence-electron chi connectivity index (χ0n) is 20.4. The van der Waals surface area contributed by atoms with Crippen LogP contribution in [0.1, 0.15) is 6.42 Å². The number of rotatable bonds is 17. The molecular weight excluding hydrogens is 464 g/mol. The Morgan fingerprint density at radius 2 is 1.47 bits per heavy atom. The van der Waals surface area contributed by atoms with Crippen LogP contribution < -0.4 is 10.6 Å². The molecule has 0 unspecified atom stereocenters. The number of anilines is 1. The van der Waals surface area contributed by atoms with Gasteiger partial charge >= 0.3 is 0 Å². The lowest BCUT2D eigenvalue weighted by atomic mass is 10.1. The van der Waals surface area contributed by atoms with Gasteiger partial charge in [-0.25, -0.2) is 4.98 Å². The lowest BCUT2D eigenvalue weighted by Crippen LogP contribution is -2.17. The van der Waals surface area contributed by atoms with Crippen LogP contribution in [-0.2, 0) is 23.7 Å². The Kier molecular flexibility index (Phi) is 11.8. The molecule has 0 radical (unpaired) electrons. The third-order valence-electron chi connectivity index (χ3n) is 5.13. The van der Waals surface area contributed by atoms with Crippen molar-refractivity contribution in [3.05, 3.63) is 52.9 Å². The van der Waals surface area contributed by atoms with Crippen molar-refractivity contribution in [2.24, 2.45) is 5.11 Å². The van der Waals surface area contributed by atoms with Gasteiger partial charge in [0.1, 0.15) is 0 Å². The van der Waals surface area contributed by atoms with E-state index in [-0.39, 0.29) is 12.3 Å². The SMILES string of the molecule is CNCCOCCOCCOCCOCCC(=O)Nc1ccc2cc3ccc(N=[N+]=[N-])cc3nc2c1. The molecule has 0 atom stereocenters. The number of amides is 1. The van der Waals surface area contributed by atoms with Gasteiger partial charge in [-0.1, -0.05) is 23.3 Å². The van der Waals surface area contributed by atoms with E-state index in [0.717, 1.165) is 22.8 Å². The fourth-order valence-corrected chi connectivity index (χ4v) is 3.33. The number of azide groups is 1.